The summed E-state index contributed by atoms with van der Waals surface area (Å²) in [5.41, 5.74) is 1.70. The minimum Gasteiger partial charge on any atom is -0.314 e. The summed E-state index contributed by atoms with van der Waals surface area (Å²) in [5.74, 6) is 0. The van der Waals surface area contributed by atoms with Gasteiger partial charge in [-0.2, -0.15) is 5.10 Å². The molecule has 0 aromatic carbocycles. The molecule has 0 bridgehead atoms. The van der Waals surface area contributed by atoms with Gasteiger partial charge in [0.15, 0.2) is 0 Å². The van der Waals surface area contributed by atoms with Crippen LogP contribution in [0.3, 0.4) is 0 Å². The fraction of sp³-hybridized carbons (Fsp3) is 0.800. The Balaban J connectivity index is 1.63. The molecule has 2 heterocycles. The molecule has 0 radical (unpaired) electrons. The Kier molecular flexibility index (Phi) is 3.89. The van der Waals surface area contributed by atoms with Gasteiger partial charge in [0.2, 0.25) is 0 Å². The van der Waals surface area contributed by atoms with Gasteiger partial charge in [0, 0.05) is 37.9 Å². The van der Waals surface area contributed by atoms with Crippen molar-refractivity contribution in [2.75, 3.05) is 26.2 Å². The third kappa shape index (κ3) is 2.84. The lowest BCUT2D eigenvalue weighted by Crippen LogP contribution is -2.62. The molecule has 2 fully saturated rings. The molecule has 2 aliphatic rings. The number of piperazine rings is 1. The van der Waals surface area contributed by atoms with Crippen molar-refractivity contribution >= 4 is 0 Å². The van der Waals surface area contributed by atoms with E-state index in [0.29, 0.717) is 5.54 Å². The van der Waals surface area contributed by atoms with E-state index in [1.807, 2.05) is 6.20 Å². The van der Waals surface area contributed by atoms with Crippen LogP contribution in [0.4, 0.5) is 0 Å². The van der Waals surface area contributed by atoms with Gasteiger partial charge in [0.1, 0.15) is 0 Å². The van der Waals surface area contributed by atoms with Crippen LogP contribution in [0.25, 0.3) is 0 Å². The molecule has 0 amide bonds. The first-order chi connectivity index (χ1) is 9.28. The molecule has 106 valence electrons. The first-order valence-electron chi connectivity index (χ1n) is 7.73. The van der Waals surface area contributed by atoms with Gasteiger partial charge in [-0.3, -0.25) is 9.58 Å². The summed E-state index contributed by atoms with van der Waals surface area (Å²) in [5, 5.41) is 8.02. The molecule has 1 aliphatic heterocycles. The van der Waals surface area contributed by atoms with Gasteiger partial charge in [-0.15, -0.1) is 0 Å². The van der Waals surface area contributed by atoms with Crippen molar-refractivity contribution in [2.24, 2.45) is 0 Å². The summed E-state index contributed by atoms with van der Waals surface area (Å²) in [4.78, 5) is 2.74. The van der Waals surface area contributed by atoms with Crippen molar-refractivity contribution in [3.63, 3.8) is 0 Å². The average molecular weight is 262 g/mol. The summed E-state index contributed by atoms with van der Waals surface area (Å²) in [6.07, 6.45) is 11.1. The molecule has 1 aliphatic carbocycles. The number of aromatic nitrogens is 2. The van der Waals surface area contributed by atoms with Crippen molar-refractivity contribution in [2.45, 2.75) is 51.1 Å². The zero-order valence-corrected chi connectivity index (χ0v) is 12.1. The lowest BCUT2D eigenvalue weighted by atomic mass is 9.79. The molecule has 3 rings (SSSR count). The van der Waals surface area contributed by atoms with Crippen LogP contribution in [-0.4, -0.2) is 46.4 Å². The molecule has 1 N–H and O–H groups in total. The highest BCUT2D eigenvalue weighted by atomic mass is 15.3. The van der Waals surface area contributed by atoms with Crippen LogP contribution in [0.5, 0.6) is 0 Å². The van der Waals surface area contributed by atoms with Gasteiger partial charge in [-0.25, -0.2) is 0 Å². The molecule has 1 spiro atoms. The fourth-order valence-electron chi connectivity index (χ4n) is 3.75. The number of rotatable bonds is 3. The van der Waals surface area contributed by atoms with E-state index in [2.05, 4.69) is 33.1 Å². The molecule has 4 heteroatoms. The zero-order chi connectivity index (χ0) is 13.1. The largest absolute Gasteiger partial charge is 0.314 e. The Morgan fingerprint density at radius 2 is 2.11 bits per heavy atom. The van der Waals surface area contributed by atoms with E-state index in [0.717, 1.165) is 19.6 Å². The first kappa shape index (κ1) is 13.1. The van der Waals surface area contributed by atoms with Gasteiger partial charge in [0.05, 0.1) is 12.7 Å². The predicted octanol–water partition coefficient (Wildman–Crippen LogP) is 1.80. The summed E-state index contributed by atoms with van der Waals surface area (Å²) < 4.78 is 2.09. The summed E-state index contributed by atoms with van der Waals surface area (Å²) >= 11 is 0. The Hall–Kier alpha value is -0.870. The van der Waals surface area contributed by atoms with E-state index < -0.39 is 0 Å². The van der Waals surface area contributed by atoms with E-state index in [-0.39, 0.29) is 0 Å². The van der Waals surface area contributed by atoms with Crippen LogP contribution in [-0.2, 0) is 6.54 Å². The number of nitrogens with one attached hydrogen (secondary N) is 1. The van der Waals surface area contributed by atoms with E-state index in [4.69, 9.17) is 0 Å². The maximum absolute atomic E-state index is 4.41. The lowest BCUT2D eigenvalue weighted by Gasteiger charge is -2.50. The van der Waals surface area contributed by atoms with Crippen molar-refractivity contribution in [1.29, 1.82) is 0 Å². The maximum atomic E-state index is 4.41. The second-order valence-corrected chi connectivity index (χ2v) is 6.23. The third-order valence-electron chi connectivity index (χ3n) is 4.83. The molecule has 1 saturated heterocycles. The molecular weight excluding hydrogens is 236 g/mol. The second kappa shape index (κ2) is 5.63. The minimum atomic E-state index is 0.443. The number of aryl methyl sites for hydroxylation is 1. The van der Waals surface area contributed by atoms with E-state index in [9.17, 15) is 0 Å². The monoisotopic (exact) mass is 262 g/mol. The highest BCUT2D eigenvalue weighted by molar-refractivity contribution is 5.00. The van der Waals surface area contributed by atoms with Crippen LogP contribution in [0.2, 0.25) is 0 Å². The second-order valence-electron chi connectivity index (χ2n) is 6.23. The Morgan fingerprint density at radius 1 is 1.26 bits per heavy atom. The summed E-state index contributed by atoms with van der Waals surface area (Å²) in [6, 6.07) is 0. The Bertz CT molecular complexity index is 398. The topological polar surface area (TPSA) is 33.1 Å². The quantitative estimate of drug-likeness (QED) is 0.901. The van der Waals surface area contributed by atoms with Crippen LogP contribution < -0.4 is 5.32 Å². The van der Waals surface area contributed by atoms with Gasteiger partial charge in [0.25, 0.3) is 0 Å². The molecular formula is C15H26N4. The smallest absolute Gasteiger partial charge is 0.0536 e. The lowest BCUT2D eigenvalue weighted by molar-refractivity contribution is 0.0243. The third-order valence-corrected chi connectivity index (χ3v) is 4.83. The van der Waals surface area contributed by atoms with Gasteiger partial charge < -0.3 is 5.32 Å². The highest BCUT2D eigenvalue weighted by Crippen LogP contribution is 2.34. The molecule has 19 heavy (non-hydrogen) atoms. The normalized spacial score (nSPS) is 23.8. The fourth-order valence-corrected chi connectivity index (χ4v) is 3.75. The van der Waals surface area contributed by atoms with Crippen LogP contribution in [0, 0.1) is 6.92 Å². The zero-order valence-electron chi connectivity index (χ0n) is 12.1. The Labute approximate surface area is 116 Å². The predicted molar refractivity (Wildman–Crippen MR) is 77.2 cm³/mol. The van der Waals surface area contributed by atoms with Crippen LogP contribution >= 0.6 is 0 Å². The summed E-state index contributed by atoms with van der Waals surface area (Å²) in [7, 11) is 0. The number of nitrogens with zero attached hydrogens (tertiary/aromatic N) is 3. The van der Waals surface area contributed by atoms with Crippen molar-refractivity contribution in [3.05, 3.63) is 18.0 Å². The summed E-state index contributed by atoms with van der Waals surface area (Å²) in [6.45, 7) is 7.79. The minimum absolute atomic E-state index is 0.443. The molecule has 1 aromatic heterocycles. The molecule has 4 nitrogen and oxygen atoms in total. The average Bonchev–Trinajstić information content (AvgIpc) is 2.85. The van der Waals surface area contributed by atoms with Crippen molar-refractivity contribution < 1.29 is 0 Å². The first-order valence-corrected chi connectivity index (χ1v) is 7.73. The Morgan fingerprint density at radius 3 is 2.84 bits per heavy atom. The molecule has 1 saturated carbocycles. The van der Waals surface area contributed by atoms with Gasteiger partial charge in [-0.1, -0.05) is 19.3 Å². The number of hydrogen-bond donors (Lipinski definition) is 1. The van der Waals surface area contributed by atoms with Crippen molar-refractivity contribution in [1.82, 2.24) is 20.0 Å². The van der Waals surface area contributed by atoms with Crippen LogP contribution in [0.15, 0.2) is 12.4 Å². The van der Waals surface area contributed by atoms with E-state index >= 15 is 0 Å². The van der Waals surface area contributed by atoms with Crippen LogP contribution in [0.1, 0.15) is 37.7 Å². The number of hydrogen-bond acceptors (Lipinski definition) is 3. The van der Waals surface area contributed by atoms with Gasteiger partial charge >= 0.3 is 0 Å². The van der Waals surface area contributed by atoms with Crippen molar-refractivity contribution in [3.8, 4) is 0 Å². The standard InChI is InChI=1S/C15H26N4/c1-14-11-17-19(12-14)10-9-18-8-7-16-13-15(18)5-3-2-4-6-15/h11-12,16H,2-10,13H2,1H3. The SMILES string of the molecule is Cc1cnn(CCN2CCNCC23CCCCC3)c1. The molecule has 0 unspecified atom stereocenters. The molecule has 0 atom stereocenters. The maximum Gasteiger partial charge on any atom is 0.0536 e. The highest BCUT2D eigenvalue weighted by Gasteiger charge is 2.39. The molecule has 1 aromatic rings. The van der Waals surface area contributed by atoms with E-state index in [1.54, 1.807) is 0 Å². The van der Waals surface area contributed by atoms with E-state index in [1.165, 1.54) is 50.8 Å². The van der Waals surface area contributed by atoms with Gasteiger partial charge in [-0.05, 0) is 25.3 Å².